The lowest BCUT2D eigenvalue weighted by Crippen LogP contribution is -2.49. The van der Waals surface area contributed by atoms with Crippen molar-refractivity contribution in [3.63, 3.8) is 0 Å². The Balaban J connectivity index is 1.65. The Bertz CT molecular complexity index is 1040. The second kappa shape index (κ2) is 9.00. The number of carbonyl (C=O) groups is 1. The summed E-state index contributed by atoms with van der Waals surface area (Å²) >= 11 is 0. The van der Waals surface area contributed by atoms with Crippen LogP contribution in [-0.4, -0.2) is 62.5 Å². The van der Waals surface area contributed by atoms with Crippen LogP contribution in [0.3, 0.4) is 0 Å². The molecule has 0 radical (unpaired) electrons. The van der Waals surface area contributed by atoms with Gasteiger partial charge in [-0.25, -0.2) is 19.7 Å². The van der Waals surface area contributed by atoms with Gasteiger partial charge in [-0.05, 0) is 5.53 Å². The van der Waals surface area contributed by atoms with Gasteiger partial charge in [0.1, 0.15) is 0 Å². The van der Waals surface area contributed by atoms with Crippen LogP contribution in [-0.2, 0) is 12.7 Å². The molecule has 164 valence electrons. The van der Waals surface area contributed by atoms with E-state index in [1.807, 2.05) is 0 Å². The van der Waals surface area contributed by atoms with E-state index in [2.05, 4.69) is 25.0 Å². The fourth-order valence-corrected chi connectivity index (χ4v) is 3.03. The van der Waals surface area contributed by atoms with Crippen LogP contribution in [0.2, 0.25) is 0 Å². The summed E-state index contributed by atoms with van der Waals surface area (Å²) in [6.45, 7) is 2.95. The summed E-state index contributed by atoms with van der Waals surface area (Å²) in [4.78, 5) is 41.8. The van der Waals surface area contributed by atoms with Crippen LogP contribution in [0.15, 0.2) is 34.7 Å². The van der Waals surface area contributed by atoms with Crippen molar-refractivity contribution < 1.29 is 18.0 Å². The van der Waals surface area contributed by atoms with Gasteiger partial charge in [-0.3, -0.25) is 9.36 Å². The van der Waals surface area contributed by atoms with Gasteiger partial charge in [-0.15, -0.1) is 0 Å². The highest BCUT2D eigenvalue weighted by atomic mass is 19.4. The first-order valence-electron chi connectivity index (χ1n) is 9.23. The molecule has 0 bridgehead atoms. The predicted molar refractivity (Wildman–Crippen MR) is 102 cm³/mol. The van der Waals surface area contributed by atoms with Crippen molar-refractivity contribution in [1.82, 2.24) is 24.4 Å². The summed E-state index contributed by atoms with van der Waals surface area (Å²) in [5.74, 6) is -0.187. The van der Waals surface area contributed by atoms with Gasteiger partial charge in [-0.2, -0.15) is 13.2 Å². The van der Waals surface area contributed by atoms with Crippen molar-refractivity contribution in [2.75, 3.05) is 31.1 Å². The van der Waals surface area contributed by atoms with Crippen molar-refractivity contribution >= 4 is 11.9 Å². The smallest absolute Gasteiger partial charge is 0.337 e. The highest BCUT2D eigenvalue weighted by molar-refractivity contribution is 5.93. The number of alkyl halides is 3. The summed E-state index contributed by atoms with van der Waals surface area (Å²) < 4.78 is 39.1. The van der Waals surface area contributed by atoms with E-state index in [0.717, 1.165) is 12.4 Å². The lowest BCUT2D eigenvalue weighted by Gasteiger charge is -2.34. The number of amides is 1. The average Bonchev–Trinajstić information content (AvgIpc) is 2.74. The molecule has 0 saturated carbocycles. The van der Waals surface area contributed by atoms with Crippen molar-refractivity contribution in [3.05, 3.63) is 56.8 Å². The van der Waals surface area contributed by atoms with Crippen molar-refractivity contribution in [2.45, 2.75) is 25.7 Å². The molecule has 0 N–H and O–H groups in total. The van der Waals surface area contributed by atoms with Crippen LogP contribution in [0.1, 0.15) is 22.8 Å². The van der Waals surface area contributed by atoms with E-state index in [9.17, 15) is 22.8 Å². The molecule has 0 aliphatic carbocycles. The molecule has 1 aliphatic rings. The number of halogens is 3. The van der Waals surface area contributed by atoms with Crippen LogP contribution in [0.4, 0.5) is 19.1 Å². The molecule has 0 spiro atoms. The summed E-state index contributed by atoms with van der Waals surface area (Å²) in [6.07, 6.45) is -0.498. The van der Waals surface area contributed by atoms with Gasteiger partial charge >= 0.3 is 11.9 Å². The number of aromatic nitrogens is 4. The van der Waals surface area contributed by atoms with Crippen LogP contribution >= 0.6 is 0 Å². The van der Waals surface area contributed by atoms with Gasteiger partial charge in [0.05, 0.1) is 17.2 Å². The molecule has 1 amide bonds. The Morgan fingerprint density at radius 1 is 1.19 bits per heavy atom. The van der Waals surface area contributed by atoms with Gasteiger partial charge < -0.3 is 9.80 Å². The minimum Gasteiger partial charge on any atom is -0.337 e. The third kappa shape index (κ3) is 5.28. The molecule has 1 saturated heterocycles. The number of rotatable bonds is 5. The molecule has 3 heterocycles. The number of azide groups is 1. The van der Waals surface area contributed by atoms with Crippen LogP contribution in [0.5, 0.6) is 0 Å². The molecular formula is C17H18F3N9O2. The zero-order chi connectivity index (χ0) is 22.6. The maximum atomic E-state index is 12.8. The summed E-state index contributed by atoms with van der Waals surface area (Å²) in [5, 5.41) is 3.50. The highest BCUT2D eigenvalue weighted by Gasteiger charge is 2.32. The molecule has 1 fully saturated rings. The zero-order valence-corrected chi connectivity index (χ0v) is 16.4. The van der Waals surface area contributed by atoms with Crippen LogP contribution in [0.25, 0.3) is 10.4 Å². The van der Waals surface area contributed by atoms with E-state index in [1.165, 1.54) is 17.0 Å². The van der Waals surface area contributed by atoms with Crippen LogP contribution < -0.4 is 10.6 Å². The molecule has 1 aliphatic heterocycles. The predicted octanol–water partition coefficient (Wildman–Crippen LogP) is 1.71. The number of hydrogen-bond acceptors (Lipinski definition) is 7. The van der Waals surface area contributed by atoms with E-state index in [-0.39, 0.29) is 37.1 Å². The Morgan fingerprint density at radius 3 is 2.42 bits per heavy atom. The lowest BCUT2D eigenvalue weighted by molar-refractivity contribution is -0.138. The molecule has 1 atom stereocenters. The molecule has 14 heteroatoms. The van der Waals surface area contributed by atoms with E-state index < -0.39 is 23.5 Å². The lowest BCUT2D eigenvalue weighted by atomic mass is 10.2. The van der Waals surface area contributed by atoms with Crippen molar-refractivity contribution in [3.8, 4) is 0 Å². The number of carbonyl (C=O) groups excluding carboxylic acids is 1. The van der Waals surface area contributed by atoms with Crippen LogP contribution in [0, 0.1) is 0 Å². The van der Waals surface area contributed by atoms with Gasteiger partial charge in [0.15, 0.2) is 0 Å². The second-order valence-corrected chi connectivity index (χ2v) is 6.88. The fourth-order valence-electron chi connectivity index (χ4n) is 3.03. The standard InChI is InChI=1S/C17H18F3N9O2/c1-11(25-26-21)9-29-10-12(6-24-16(29)31)14(30)27-2-4-28(5-3-27)15-22-7-13(8-23-15)17(18,19)20/h6-8,10-11H,2-5,9H2,1H3. The molecule has 3 rings (SSSR count). The minimum absolute atomic E-state index is 0.0794. The Morgan fingerprint density at radius 2 is 1.84 bits per heavy atom. The van der Waals surface area contributed by atoms with Gasteiger partial charge in [-0.1, -0.05) is 12.0 Å². The molecule has 2 aromatic heterocycles. The fraction of sp³-hybridized carbons (Fsp3) is 0.471. The zero-order valence-electron chi connectivity index (χ0n) is 16.4. The molecule has 0 aromatic carbocycles. The number of nitrogens with zero attached hydrogens (tertiary/aromatic N) is 9. The minimum atomic E-state index is -4.51. The normalized spacial score (nSPS) is 15.4. The number of hydrogen-bond donors (Lipinski definition) is 0. The molecular weight excluding hydrogens is 419 g/mol. The first-order chi connectivity index (χ1) is 14.7. The highest BCUT2D eigenvalue weighted by Crippen LogP contribution is 2.28. The third-order valence-electron chi connectivity index (χ3n) is 4.63. The maximum Gasteiger partial charge on any atom is 0.419 e. The Kier molecular flexibility index (Phi) is 6.39. The monoisotopic (exact) mass is 437 g/mol. The molecule has 2 aromatic rings. The second-order valence-electron chi connectivity index (χ2n) is 6.88. The third-order valence-corrected chi connectivity index (χ3v) is 4.63. The largest absolute Gasteiger partial charge is 0.419 e. The molecule has 11 nitrogen and oxygen atoms in total. The maximum absolute atomic E-state index is 12.8. The van der Waals surface area contributed by atoms with E-state index in [0.29, 0.717) is 13.1 Å². The van der Waals surface area contributed by atoms with Gasteiger partial charge in [0.2, 0.25) is 5.95 Å². The number of anilines is 1. The van der Waals surface area contributed by atoms with E-state index in [1.54, 1.807) is 16.7 Å². The average molecular weight is 437 g/mol. The Hall–Kier alpha value is -3.67. The summed E-state index contributed by atoms with van der Waals surface area (Å²) in [7, 11) is 0. The molecule has 1 unspecified atom stereocenters. The first kappa shape index (κ1) is 22.0. The Labute approximate surface area is 173 Å². The van der Waals surface area contributed by atoms with E-state index in [4.69, 9.17) is 5.53 Å². The molecule has 31 heavy (non-hydrogen) atoms. The van der Waals surface area contributed by atoms with Gasteiger partial charge in [0.25, 0.3) is 5.91 Å². The first-order valence-corrected chi connectivity index (χ1v) is 9.23. The summed E-state index contributed by atoms with van der Waals surface area (Å²) in [5.41, 5.74) is 7.19. The van der Waals surface area contributed by atoms with Gasteiger partial charge in [0, 0.05) is 62.4 Å². The quantitative estimate of drug-likeness (QED) is 0.397. The van der Waals surface area contributed by atoms with Crippen molar-refractivity contribution in [1.29, 1.82) is 0 Å². The topological polar surface area (TPSA) is 133 Å². The number of piperazine rings is 1. The van der Waals surface area contributed by atoms with E-state index >= 15 is 0 Å². The SMILES string of the molecule is CC(Cn1cc(C(=O)N2CCN(c3ncc(C(F)(F)F)cn3)CC2)cnc1=O)N=[N+]=[N-]. The van der Waals surface area contributed by atoms with Crippen molar-refractivity contribution in [2.24, 2.45) is 5.11 Å². The summed E-state index contributed by atoms with van der Waals surface area (Å²) in [6, 6.07) is -0.498.